The zero-order valence-electron chi connectivity index (χ0n) is 14.8. The van der Waals surface area contributed by atoms with Gasteiger partial charge in [0.25, 0.3) is 0 Å². The summed E-state index contributed by atoms with van der Waals surface area (Å²) in [5, 5.41) is 0. The number of aromatic amines is 1. The molecule has 0 amide bonds. The van der Waals surface area contributed by atoms with Gasteiger partial charge in [-0.1, -0.05) is 30.3 Å². The Kier molecular flexibility index (Phi) is 5.57. The average molecular weight is 328 g/mol. The van der Waals surface area contributed by atoms with Crippen molar-refractivity contribution in [2.75, 3.05) is 14.2 Å². The molecule has 128 valence electrons. The first kappa shape index (κ1) is 17.9. The van der Waals surface area contributed by atoms with Crippen molar-refractivity contribution >= 4 is 11.8 Å². The maximum Gasteiger partial charge on any atom is 0.339 e. The van der Waals surface area contributed by atoms with Gasteiger partial charge in [0.05, 0.1) is 24.4 Å². The minimum atomic E-state index is -0.425. The average Bonchev–Trinajstić information content (AvgIpc) is 2.88. The molecule has 5 nitrogen and oxygen atoms in total. The number of hydrogen-bond donors (Lipinski definition) is 1. The molecule has 0 aliphatic carbocycles. The maximum absolute atomic E-state index is 12.8. The number of ether oxygens (including phenoxy) is 1. The van der Waals surface area contributed by atoms with Crippen LogP contribution in [-0.2, 0) is 11.3 Å². The summed E-state index contributed by atoms with van der Waals surface area (Å²) in [5.41, 5.74) is 3.36. The zero-order chi connectivity index (χ0) is 17.9. The zero-order valence-corrected chi connectivity index (χ0v) is 14.8. The van der Waals surface area contributed by atoms with Crippen molar-refractivity contribution in [3.05, 3.63) is 58.4 Å². The Morgan fingerprint density at radius 2 is 1.83 bits per heavy atom. The fourth-order valence-corrected chi connectivity index (χ4v) is 2.82. The van der Waals surface area contributed by atoms with Crippen LogP contribution >= 0.6 is 0 Å². The molecule has 0 saturated heterocycles. The molecule has 2 aromatic rings. The van der Waals surface area contributed by atoms with E-state index in [1.165, 1.54) is 7.11 Å². The molecule has 0 spiro atoms. The molecule has 2 rings (SSSR count). The van der Waals surface area contributed by atoms with Crippen molar-refractivity contribution < 1.29 is 14.3 Å². The lowest BCUT2D eigenvalue weighted by atomic mass is 10.0. The minimum absolute atomic E-state index is 0.0378. The van der Waals surface area contributed by atoms with Gasteiger partial charge in [-0.25, -0.2) is 4.79 Å². The van der Waals surface area contributed by atoms with Crippen LogP contribution in [-0.4, -0.2) is 41.8 Å². The van der Waals surface area contributed by atoms with E-state index in [4.69, 9.17) is 4.74 Å². The van der Waals surface area contributed by atoms with Crippen molar-refractivity contribution in [1.82, 2.24) is 9.88 Å². The number of likely N-dealkylation sites (N-methyl/N-ethyl adjacent to an activating group) is 1. The molecular formula is C19H24N2O3. The Hall–Kier alpha value is -2.40. The van der Waals surface area contributed by atoms with Crippen LogP contribution in [0.3, 0.4) is 0 Å². The lowest BCUT2D eigenvalue weighted by molar-refractivity contribution is 0.0599. The van der Waals surface area contributed by atoms with E-state index in [0.717, 1.165) is 5.56 Å². The summed E-state index contributed by atoms with van der Waals surface area (Å²) in [5.74, 6) is -0.463. The molecule has 0 bridgehead atoms. The number of ketones is 1. The molecule has 1 aromatic heterocycles. The van der Waals surface area contributed by atoms with Crippen molar-refractivity contribution in [2.24, 2.45) is 0 Å². The van der Waals surface area contributed by atoms with Gasteiger partial charge in [0.15, 0.2) is 5.78 Å². The highest BCUT2D eigenvalue weighted by molar-refractivity contribution is 6.03. The summed E-state index contributed by atoms with van der Waals surface area (Å²) < 4.78 is 4.80. The summed E-state index contributed by atoms with van der Waals surface area (Å²) in [7, 11) is 3.26. The number of aryl methyl sites for hydroxylation is 1. The van der Waals surface area contributed by atoms with Gasteiger partial charge in [-0.2, -0.15) is 0 Å². The van der Waals surface area contributed by atoms with Gasteiger partial charge >= 0.3 is 5.97 Å². The van der Waals surface area contributed by atoms with Crippen molar-refractivity contribution in [2.45, 2.75) is 33.4 Å². The van der Waals surface area contributed by atoms with Gasteiger partial charge in [0.2, 0.25) is 0 Å². The number of aromatic nitrogens is 1. The number of hydrogen-bond acceptors (Lipinski definition) is 4. The molecule has 0 aliphatic heterocycles. The second-order valence-corrected chi connectivity index (χ2v) is 6.06. The number of nitrogens with zero attached hydrogens (tertiary/aromatic N) is 1. The van der Waals surface area contributed by atoms with Crippen molar-refractivity contribution in [3.63, 3.8) is 0 Å². The summed E-state index contributed by atoms with van der Waals surface area (Å²) in [6, 6.07) is 9.69. The second kappa shape index (κ2) is 7.45. The van der Waals surface area contributed by atoms with Gasteiger partial charge in [-0.15, -0.1) is 0 Å². The number of H-pyrrole nitrogens is 1. The lowest BCUT2D eigenvalue weighted by Crippen LogP contribution is -2.36. The topological polar surface area (TPSA) is 62.4 Å². The summed E-state index contributed by atoms with van der Waals surface area (Å²) >= 11 is 0. The molecule has 0 radical (unpaired) electrons. The smallest absolute Gasteiger partial charge is 0.339 e. The number of benzene rings is 1. The van der Waals surface area contributed by atoms with E-state index >= 15 is 0 Å². The van der Waals surface area contributed by atoms with Crippen LogP contribution in [0, 0.1) is 13.8 Å². The Labute approximate surface area is 142 Å². The Balaban J connectivity index is 2.20. The predicted molar refractivity (Wildman–Crippen MR) is 93.3 cm³/mol. The van der Waals surface area contributed by atoms with Gasteiger partial charge in [0.1, 0.15) is 0 Å². The normalized spacial score (nSPS) is 12.2. The van der Waals surface area contributed by atoms with Crippen LogP contribution in [0.4, 0.5) is 0 Å². The van der Waals surface area contributed by atoms with Crippen LogP contribution in [0.5, 0.6) is 0 Å². The molecule has 1 aromatic carbocycles. The number of carbonyl (C=O) groups is 2. The SMILES string of the molecule is COC(=O)c1c(C)[nH]c(C(=O)[C@@H](C)N(C)Cc2ccccc2)c1C. The first-order valence-corrected chi connectivity index (χ1v) is 7.92. The van der Waals surface area contributed by atoms with E-state index in [1.807, 2.05) is 49.2 Å². The van der Waals surface area contributed by atoms with Gasteiger partial charge < -0.3 is 9.72 Å². The van der Waals surface area contributed by atoms with E-state index in [1.54, 1.807) is 13.8 Å². The first-order valence-electron chi connectivity index (χ1n) is 7.92. The van der Waals surface area contributed by atoms with E-state index in [2.05, 4.69) is 4.98 Å². The predicted octanol–water partition coefficient (Wildman–Crippen LogP) is 3.12. The first-order chi connectivity index (χ1) is 11.4. The Morgan fingerprint density at radius 3 is 2.42 bits per heavy atom. The summed E-state index contributed by atoms with van der Waals surface area (Å²) in [4.78, 5) is 29.8. The van der Waals surface area contributed by atoms with Crippen LogP contribution in [0.25, 0.3) is 0 Å². The number of esters is 1. The number of Topliss-reactive ketones (excluding diaryl/α,β-unsaturated/α-hetero) is 1. The molecule has 0 saturated carbocycles. The third-order valence-corrected chi connectivity index (χ3v) is 4.39. The number of carbonyl (C=O) groups excluding carboxylic acids is 2. The molecule has 1 heterocycles. The van der Waals surface area contributed by atoms with Gasteiger partial charge in [-0.3, -0.25) is 9.69 Å². The highest BCUT2D eigenvalue weighted by atomic mass is 16.5. The third kappa shape index (κ3) is 3.57. The van der Waals surface area contributed by atoms with Crippen LogP contribution in [0.15, 0.2) is 30.3 Å². The largest absolute Gasteiger partial charge is 0.465 e. The fourth-order valence-electron chi connectivity index (χ4n) is 2.82. The summed E-state index contributed by atoms with van der Waals surface area (Å²) in [6.07, 6.45) is 0. The van der Waals surface area contributed by atoms with E-state index in [9.17, 15) is 9.59 Å². The molecule has 0 fully saturated rings. The van der Waals surface area contributed by atoms with E-state index in [0.29, 0.717) is 29.1 Å². The molecular weight excluding hydrogens is 304 g/mol. The lowest BCUT2D eigenvalue weighted by Gasteiger charge is -2.23. The van der Waals surface area contributed by atoms with Crippen molar-refractivity contribution in [3.8, 4) is 0 Å². The van der Waals surface area contributed by atoms with Crippen LogP contribution in [0.1, 0.15) is 44.6 Å². The fraction of sp³-hybridized carbons (Fsp3) is 0.368. The van der Waals surface area contributed by atoms with Gasteiger partial charge in [0, 0.05) is 12.2 Å². The number of nitrogens with one attached hydrogen (secondary N) is 1. The molecule has 0 unspecified atom stereocenters. The molecule has 0 aliphatic rings. The molecule has 1 atom stereocenters. The maximum atomic E-state index is 12.8. The van der Waals surface area contributed by atoms with E-state index < -0.39 is 5.97 Å². The monoisotopic (exact) mass is 328 g/mol. The minimum Gasteiger partial charge on any atom is -0.465 e. The highest BCUT2D eigenvalue weighted by Gasteiger charge is 2.27. The number of methoxy groups -OCH3 is 1. The molecule has 24 heavy (non-hydrogen) atoms. The number of rotatable bonds is 6. The van der Waals surface area contributed by atoms with Crippen LogP contribution in [0.2, 0.25) is 0 Å². The third-order valence-electron chi connectivity index (χ3n) is 4.39. The highest BCUT2D eigenvalue weighted by Crippen LogP contribution is 2.21. The summed E-state index contributed by atoms with van der Waals surface area (Å²) in [6.45, 7) is 6.09. The quantitative estimate of drug-likeness (QED) is 0.654. The second-order valence-electron chi connectivity index (χ2n) is 6.06. The molecule has 5 heteroatoms. The van der Waals surface area contributed by atoms with Gasteiger partial charge in [-0.05, 0) is 38.9 Å². The Morgan fingerprint density at radius 1 is 1.21 bits per heavy atom. The van der Waals surface area contributed by atoms with Crippen molar-refractivity contribution in [1.29, 1.82) is 0 Å². The van der Waals surface area contributed by atoms with Crippen LogP contribution < -0.4 is 0 Å². The molecule has 1 N–H and O–H groups in total. The Bertz CT molecular complexity index is 735. The van der Waals surface area contributed by atoms with E-state index in [-0.39, 0.29) is 11.8 Å². The standard InChI is InChI=1S/C19H24N2O3/c1-12-16(19(23)24-5)13(2)20-17(12)18(22)14(3)21(4)11-15-9-7-6-8-10-15/h6-10,14,20H,11H2,1-5H3/t14-/m1/s1.